The van der Waals surface area contributed by atoms with E-state index >= 15 is 0 Å². The topological polar surface area (TPSA) is 39.4 Å². The minimum atomic E-state index is -0.363. The molecule has 0 unspecified atom stereocenters. The Morgan fingerprint density at radius 3 is 3.06 bits per heavy atom. The van der Waals surface area contributed by atoms with Gasteiger partial charge in [0.05, 0.1) is 6.61 Å². The Labute approximate surface area is 93.3 Å². The number of hydrogen-bond acceptors (Lipinski definition) is 3. The number of benzene rings is 1. The van der Waals surface area contributed by atoms with Crippen molar-refractivity contribution >= 4 is 23.0 Å². The molecule has 1 aromatic carbocycles. The maximum Gasteiger partial charge on any atom is 0.341 e. The molecule has 1 aromatic heterocycles. The van der Waals surface area contributed by atoms with Crippen molar-refractivity contribution in [3.8, 4) is 0 Å². The van der Waals surface area contributed by atoms with Crippen molar-refractivity contribution in [1.29, 1.82) is 0 Å². The fraction of sp³-hybridized carbons (Fsp3) is 0.154. The molecular weight excluding hydrogens is 204 g/mol. The molecule has 0 amide bonds. The van der Waals surface area contributed by atoms with Crippen LogP contribution in [0.3, 0.4) is 0 Å². The van der Waals surface area contributed by atoms with Crippen LogP contribution in [0.5, 0.6) is 0 Å². The summed E-state index contributed by atoms with van der Waals surface area (Å²) in [4.78, 5) is 11.6. The van der Waals surface area contributed by atoms with Gasteiger partial charge in [0.1, 0.15) is 16.9 Å². The summed E-state index contributed by atoms with van der Waals surface area (Å²) in [6, 6.07) is 7.22. The quantitative estimate of drug-likeness (QED) is 0.739. The number of carbonyl (C=O) groups excluding carboxylic acids is 1. The van der Waals surface area contributed by atoms with E-state index in [4.69, 9.17) is 9.15 Å². The Morgan fingerprint density at radius 1 is 1.56 bits per heavy atom. The first kappa shape index (κ1) is 10.5. The van der Waals surface area contributed by atoms with Gasteiger partial charge in [0, 0.05) is 5.39 Å². The van der Waals surface area contributed by atoms with Gasteiger partial charge in [-0.15, -0.1) is 0 Å². The molecule has 82 valence electrons. The summed E-state index contributed by atoms with van der Waals surface area (Å²) in [7, 11) is 0. The lowest BCUT2D eigenvalue weighted by atomic mass is 10.1. The summed E-state index contributed by atoms with van der Waals surface area (Å²) >= 11 is 0. The van der Waals surface area contributed by atoms with Crippen molar-refractivity contribution in [2.24, 2.45) is 0 Å². The van der Waals surface area contributed by atoms with E-state index in [1.54, 1.807) is 25.1 Å². The molecule has 0 fully saturated rings. The summed E-state index contributed by atoms with van der Waals surface area (Å²) in [5, 5.41) is 0.875. The lowest BCUT2D eigenvalue weighted by molar-refractivity contribution is 0.0527. The summed E-state index contributed by atoms with van der Waals surface area (Å²) in [6.45, 7) is 5.75. The zero-order chi connectivity index (χ0) is 11.5. The van der Waals surface area contributed by atoms with Gasteiger partial charge in [-0.2, -0.15) is 0 Å². The van der Waals surface area contributed by atoms with E-state index in [9.17, 15) is 4.79 Å². The van der Waals surface area contributed by atoms with E-state index in [0.717, 1.165) is 5.39 Å². The van der Waals surface area contributed by atoms with Gasteiger partial charge >= 0.3 is 5.97 Å². The first-order chi connectivity index (χ1) is 7.76. The van der Waals surface area contributed by atoms with E-state index in [2.05, 4.69) is 6.58 Å². The molecule has 0 radical (unpaired) electrons. The number of fused-ring (bicyclic) bond motifs is 1. The molecule has 3 heteroatoms. The van der Waals surface area contributed by atoms with Crippen molar-refractivity contribution in [3.63, 3.8) is 0 Å². The average Bonchev–Trinajstić information content (AvgIpc) is 2.71. The molecule has 0 N–H and O–H groups in total. The van der Waals surface area contributed by atoms with Gasteiger partial charge in [0.2, 0.25) is 0 Å². The van der Waals surface area contributed by atoms with Crippen molar-refractivity contribution in [3.05, 3.63) is 42.2 Å². The molecule has 0 aliphatic rings. The van der Waals surface area contributed by atoms with E-state index in [0.29, 0.717) is 23.5 Å². The van der Waals surface area contributed by atoms with E-state index in [-0.39, 0.29) is 5.97 Å². The van der Waals surface area contributed by atoms with Gasteiger partial charge in [0.25, 0.3) is 0 Å². The minimum Gasteiger partial charge on any atom is -0.462 e. The third-order valence-corrected chi connectivity index (χ3v) is 2.26. The molecule has 0 aliphatic heterocycles. The van der Waals surface area contributed by atoms with Crippen LogP contribution in [-0.4, -0.2) is 12.6 Å². The van der Waals surface area contributed by atoms with Crippen molar-refractivity contribution < 1.29 is 13.9 Å². The Kier molecular flexibility index (Phi) is 2.77. The smallest absolute Gasteiger partial charge is 0.341 e. The molecule has 0 atom stereocenters. The molecule has 16 heavy (non-hydrogen) atoms. The van der Waals surface area contributed by atoms with Crippen molar-refractivity contribution in [1.82, 2.24) is 0 Å². The fourth-order valence-electron chi connectivity index (χ4n) is 1.55. The summed E-state index contributed by atoms with van der Waals surface area (Å²) in [6.07, 6.45) is 1.61. The number of furan rings is 1. The van der Waals surface area contributed by atoms with Crippen LogP contribution < -0.4 is 0 Å². The van der Waals surface area contributed by atoms with Gasteiger partial charge in [-0.05, 0) is 25.1 Å². The largest absolute Gasteiger partial charge is 0.462 e. The van der Waals surface area contributed by atoms with E-state index in [1.807, 2.05) is 12.1 Å². The third kappa shape index (κ3) is 1.72. The summed E-state index contributed by atoms with van der Waals surface area (Å²) in [5.41, 5.74) is 1.00. The number of rotatable bonds is 3. The minimum absolute atomic E-state index is 0.351. The number of carbonyl (C=O) groups is 1. The Bertz CT molecular complexity index is 537. The molecule has 0 bridgehead atoms. The van der Waals surface area contributed by atoms with E-state index < -0.39 is 0 Å². The molecular formula is C13H12O3. The highest BCUT2D eigenvalue weighted by molar-refractivity contribution is 6.02. The average molecular weight is 216 g/mol. The molecule has 2 rings (SSSR count). The van der Waals surface area contributed by atoms with Crippen LogP contribution in [0.25, 0.3) is 17.0 Å². The Hall–Kier alpha value is -2.03. The van der Waals surface area contributed by atoms with Gasteiger partial charge < -0.3 is 9.15 Å². The van der Waals surface area contributed by atoms with Gasteiger partial charge in [-0.1, -0.05) is 18.7 Å². The molecule has 0 aliphatic carbocycles. The number of hydrogen-bond donors (Lipinski definition) is 0. The van der Waals surface area contributed by atoms with Crippen LogP contribution in [0.4, 0.5) is 0 Å². The van der Waals surface area contributed by atoms with Crippen LogP contribution in [0.2, 0.25) is 0 Å². The number of para-hydroxylation sites is 1. The normalized spacial score (nSPS) is 10.3. The Balaban J connectivity index is 2.56. The molecule has 0 saturated heterocycles. The third-order valence-electron chi connectivity index (χ3n) is 2.26. The lowest BCUT2D eigenvalue weighted by Gasteiger charge is -2.01. The maximum absolute atomic E-state index is 11.6. The molecule has 0 spiro atoms. The Morgan fingerprint density at radius 2 is 2.38 bits per heavy atom. The monoisotopic (exact) mass is 216 g/mol. The van der Waals surface area contributed by atoms with Crippen LogP contribution >= 0.6 is 0 Å². The highest BCUT2D eigenvalue weighted by Gasteiger charge is 2.14. The van der Waals surface area contributed by atoms with Crippen LogP contribution in [0.15, 0.2) is 35.3 Å². The second-order valence-corrected chi connectivity index (χ2v) is 3.30. The number of ether oxygens (including phenoxy) is 1. The zero-order valence-electron chi connectivity index (χ0n) is 9.03. The predicted octanol–water partition coefficient (Wildman–Crippen LogP) is 3.25. The van der Waals surface area contributed by atoms with Gasteiger partial charge in [-0.25, -0.2) is 4.79 Å². The summed E-state index contributed by atoms with van der Waals surface area (Å²) in [5.74, 6) is 0.282. The number of esters is 1. The molecule has 3 nitrogen and oxygen atoms in total. The van der Waals surface area contributed by atoms with Crippen LogP contribution in [0.1, 0.15) is 23.0 Å². The fourth-order valence-corrected chi connectivity index (χ4v) is 1.55. The highest BCUT2D eigenvalue weighted by atomic mass is 16.5. The zero-order valence-corrected chi connectivity index (χ0v) is 9.03. The first-order valence-electron chi connectivity index (χ1n) is 5.08. The van der Waals surface area contributed by atoms with Crippen molar-refractivity contribution in [2.75, 3.05) is 6.61 Å². The molecule has 2 aromatic rings. The summed E-state index contributed by atoms with van der Waals surface area (Å²) < 4.78 is 10.5. The SMILES string of the molecule is C=Cc1cc2cccc(C(=O)OCC)c2o1. The lowest BCUT2D eigenvalue weighted by Crippen LogP contribution is -2.04. The van der Waals surface area contributed by atoms with Crippen LogP contribution in [-0.2, 0) is 4.74 Å². The molecule has 1 heterocycles. The van der Waals surface area contributed by atoms with Gasteiger partial charge in [0.15, 0.2) is 0 Å². The first-order valence-corrected chi connectivity index (χ1v) is 5.08. The molecule has 0 saturated carbocycles. The second kappa shape index (κ2) is 4.23. The standard InChI is InChI=1S/C13H12O3/c1-3-10-8-9-6-5-7-11(12(9)16-10)13(14)15-4-2/h3,5-8H,1,4H2,2H3. The van der Waals surface area contributed by atoms with Gasteiger partial charge in [-0.3, -0.25) is 0 Å². The van der Waals surface area contributed by atoms with E-state index in [1.165, 1.54) is 0 Å². The second-order valence-electron chi connectivity index (χ2n) is 3.30. The van der Waals surface area contributed by atoms with Crippen LogP contribution in [0, 0.1) is 0 Å². The highest BCUT2D eigenvalue weighted by Crippen LogP contribution is 2.24. The maximum atomic E-state index is 11.6. The predicted molar refractivity (Wildman–Crippen MR) is 62.3 cm³/mol. The van der Waals surface area contributed by atoms with Crippen molar-refractivity contribution in [2.45, 2.75) is 6.92 Å².